The molecule has 2 heteroatoms. The van der Waals surface area contributed by atoms with E-state index in [1.807, 2.05) is 12.1 Å². The Balaban J connectivity index is 2.11. The molecule has 0 amide bonds. The van der Waals surface area contributed by atoms with Gasteiger partial charge in [-0.25, -0.2) is 0 Å². The molecule has 22 heavy (non-hydrogen) atoms. The summed E-state index contributed by atoms with van der Waals surface area (Å²) in [4.78, 5) is 10.2. The minimum atomic E-state index is -0.331. The van der Waals surface area contributed by atoms with Crippen molar-refractivity contribution in [2.24, 2.45) is 9.98 Å². The van der Waals surface area contributed by atoms with Crippen LogP contribution in [0.1, 0.15) is 38.8 Å². The van der Waals surface area contributed by atoms with Crippen molar-refractivity contribution < 1.29 is 0 Å². The Morgan fingerprint density at radius 3 is 1.18 bits per heavy atom. The molecule has 3 rings (SSSR count). The molecule has 0 aromatic heterocycles. The fourth-order valence-corrected chi connectivity index (χ4v) is 2.97. The van der Waals surface area contributed by atoms with Crippen LogP contribution in [0.25, 0.3) is 0 Å². The third-order valence-corrected chi connectivity index (χ3v) is 4.04. The van der Waals surface area contributed by atoms with E-state index in [9.17, 15) is 0 Å². The summed E-state index contributed by atoms with van der Waals surface area (Å²) in [6.07, 6.45) is 0. The summed E-state index contributed by atoms with van der Waals surface area (Å²) < 4.78 is 0. The normalized spacial score (nSPS) is 19.3. The fraction of sp³-hybridized carbons (Fsp3) is 0.300. The number of hydrogen-bond donors (Lipinski definition) is 0. The summed E-state index contributed by atoms with van der Waals surface area (Å²) in [6, 6.07) is 20.7. The zero-order valence-corrected chi connectivity index (χ0v) is 13.7. The van der Waals surface area contributed by atoms with Crippen molar-refractivity contribution in [1.82, 2.24) is 0 Å². The number of rotatable bonds is 2. The summed E-state index contributed by atoms with van der Waals surface area (Å²) in [5.41, 5.74) is 3.74. The Bertz CT molecular complexity index is 657. The SMILES string of the molecule is CC1(C)N=C(c2ccccc2)C(C)(C)N=C1c1ccccc1. The molecule has 2 aromatic rings. The van der Waals surface area contributed by atoms with Gasteiger partial charge in [-0.2, -0.15) is 0 Å². The lowest BCUT2D eigenvalue weighted by atomic mass is 9.84. The predicted molar refractivity (Wildman–Crippen MR) is 94.1 cm³/mol. The molecule has 1 heterocycles. The average molecular weight is 290 g/mol. The Morgan fingerprint density at radius 1 is 0.545 bits per heavy atom. The van der Waals surface area contributed by atoms with Crippen molar-refractivity contribution in [3.63, 3.8) is 0 Å². The Hall–Kier alpha value is -2.22. The Morgan fingerprint density at radius 2 is 0.864 bits per heavy atom. The van der Waals surface area contributed by atoms with E-state index < -0.39 is 0 Å². The van der Waals surface area contributed by atoms with Crippen molar-refractivity contribution in [3.8, 4) is 0 Å². The topological polar surface area (TPSA) is 24.7 Å². The van der Waals surface area contributed by atoms with Crippen LogP contribution in [0.3, 0.4) is 0 Å². The molecule has 0 unspecified atom stereocenters. The van der Waals surface area contributed by atoms with Gasteiger partial charge in [-0.05, 0) is 38.8 Å². The molecular weight excluding hydrogens is 268 g/mol. The maximum Gasteiger partial charge on any atom is 0.0976 e. The largest absolute Gasteiger partial charge is 0.274 e. The molecule has 0 fully saturated rings. The lowest BCUT2D eigenvalue weighted by molar-refractivity contribution is 0.608. The van der Waals surface area contributed by atoms with Crippen LogP contribution in [0.2, 0.25) is 0 Å². The lowest BCUT2D eigenvalue weighted by Gasteiger charge is -2.36. The zero-order valence-electron chi connectivity index (χ0n) is 13.7. The van der Waals surface area contributed by atoms with E-state index in [0.717, 1.165) is 22.6 Å². The van der Waals surface area contributed by atoms with E-state index in [-0.39, 0.29) is 11.1 Å². The van der Waals surface area contributed by atoms with Gasteiger partial charge in [0, 0.05) is 0 Å². The molecule has 0 saturated heterocycles. The molecular formula is C20H22N2. The molecule has 0 bridgehead atoms. The first-order valence-corrected chi connectivity index (χ1v) is 7.72. The van der Waals surface area contributed by atoms with Crippen molar-refractivity contribution in [1.29, 1.82) is 0 Å². The van der Waals surface area contributed by atoms with Crippen LogP contribution < -0.4 is 0 Å². The van der Waals surface area contributed by atoms with E-state index in [4.69, 9.17) is 9.98 Å². The van der Waals surface area contributed by atoms with Gasteiger partial charge in [-0.15, -0.1) is 0 Å². The van der Waals surface area contributed by atoms with E-state index in [1.165, 1.54) is 0 Å². The monoisotopic (exact) mass is 290 g/mol. The summed E-state index contributed by atoms with van der Waals surface area (Å²) in [7, 11) is 0. The van der Waals surface area contributed by atoms with Crippen LogP contribution in [0.4, 0.5) is 0 Å². The smallest absolute Gasteiger partial charge is 0.0976 e. The molecule has 0 spiro atoms. The second kappa shape index (κ2) is 5.20. The van der Waals surface area contributed by atoms with Gasteiger partial charge in [0.05, 0.1) is 22.5 Å². The number of benzene rings is 2. The maximum absolute atomic E-state index is 5.08. The summed E-state index contributed by atoms with van der Waals surface area (Å²) in [6.45, 7) is 8.54. The third-order valence-electron chi connectivity index (χ3n) is 4.04. The van der Waals surface area contributed by atoms with Gasteiger partial charge in [0.25, 0.3) is 0 Å². The van der Waals surface area contributed by atoms with Crippen molar-refractivity contribution in [2.75, 3.05) is 0 Å². The van der Waals surface area contributed by atoms with Crippen LogP contribution in [-0.4, -0.2) is 22.5 Å². The highest BCUT2D eigenvalue weighted by atomic mass is 15.0. The van der Waals surface area contributed by atoms with Crippen LogP contribution in [0, 0.1) is 0 Å². The first-order chi connectivity index (χ1) is 10.4. The third kappa shape index (κ3) is 2.61. The van der Waals surface area contributed by atoms with E-state index in [1.54, 1.807) is 0 Å². The van der Waals surface area contributed by atoms with Gasteiger partial charge in [0.2, 0.25) is 0 Å². The van der Waals surface area contributed by atoms with Crippen LogP contribution >= 0.6 is 0 Å². The minimum Gasteiger partial charge on any atom is -0.274 e. The zero-order chi connectivity index (χ0) is 15.8. The molecule has 0 N–H and O–H groups in total. The highest BCUT2D eigenvalue weighted by Gasteiger charge is 2.38. The van der Waals surface area contributed by atoms with Gasteiger partial charge in [-0.1, -0.05) is 60.7 Å². The molecule has 0 aliphatic carbocycles. The Kier molecular flexibility index (Phi) is 3.48. The maximum atomic E-state index is 5.08. The quantitative estimate of drug-likeness (QED) is 0.776. The lowest BCUT2D eigenvalue weighted by Crippen LogP contribution is -2.45. The van der Waals surface area contributed by atoms with Gasteiger partial charge in [-0.3, -0.25) is 9.98 Å². The standard InChI is InChI=1S/C20H22N2/c1-19(2)17(15-11-7-5-8-12-15)22-20(3,4)18(21-19)16-13-9-6-10-14-16/h5-14H,1-4H3. The highest BCUT2D eigenvalue weighted by molar-refractivity contribution is 6.16. The minimum absolute atomic E-state index is 0.331. The van der Waals surface area contributed by atoms with Gasteiger partial charge < -0.3 is 0 Å². The first kappa shape index (κ1) is 14.7. The van der Waals surface area contributed by atoms with Gasteiger partial charge in [0.1, 0.15) is 0 Å². The second-order valence-electron chi connectivity index (χ2n) is 6.77. The van der Waals surface area contributed by atoms with Gasteiger partial charge >= 0.3 is 0 Å². The molecule has 0 radical (unpaired) electrons. The van der Waals surface area contributed by atoms with E-state index >= 15 is 0 Å². The number of hydrogen-bond acceptors (Lipinski definition) is 2. The molecule has 0 atom stereocenters. The van der Waals surface area contributed by atoms with Crippen molar-refractivity contribution in [3.05, 3.63) is 71.8 Å². The summed E-state index contributed by atoms with van der Waals surface area (Å²) >= 11 is 0. The summed E-state index contributed by atoms with van der Waals surface area (Å²) in [5.74, 6) is 0. The molecule has 1 aliphatic heterocycles. The van der Waals surface area contributed by atoms with Crippen LogP contribution in [-0.2, 0) is 0 Å². The number of aliphatic imine (C=N–C) groups is 2. The second-order valence-corrected chi connectivity index (χ2v) is 6.77. The van der Waals surface area contributed by atoms with Crippen LogP contribution in [0.5, 0.6) is 0 Å². The Labute approximate surface area is 132 Å². The molecule has 2 aromatic carbocycles. The average Bonchev–Trinajstić information content (AvgIpc) is 2.51. The number of nitrogens with zero attached hydrogens (tertiary/aromatic N) is 2. The molecule has 1 aliphatic rings. The van der Waals surface area contributed by atoms with E-state index in [2.05, 4.69) is 76.2 Å². The van der Waals surface area contributed by atoms with Crippen LogP contribution in [0.15, 0.2) is 70.6 Å². The predicted octanol–water partition coefficient (Wildman–Crippen LogP) is 4.54. The highest BCUT2D eigenvalue weighted by Crippen LogP contribution is 2.31. The van der Waals surface area contributed by atoms with Crippen molar-refractivity contribution >= 4 is 11.4 Å². The van der Waals surface area contributed by atoms with E-state index in [0.29, 0.717) is 0 Å². The van der Waals surface area contributed by atoms with Crippen molar-refractivity contribution in [2.45, 2.75) is 38.8 Å². The first-order valence-electron chi connectivity index (χ1n) is 7.72. The molecule has 2 nitrogen and oxygen atoms in total. The summed E-state index contributed by atoms with van der Waals surface area (Å²) in [5, 5.41) is 0. The fourth-order valence-electron chi connectivity index (χ4n) is 2.97. The molecule has 0 saturated carbocycles. The molecule has 112 valence electrons. The van der Waals surface area contributed by atoms with Gasteiger partial charge in [0.15, 0.2) is 0 Å².